The van der Waals surface area contributed by atoms with Crippen molar-refractivity contribution in [2.75, 3.05) is 30.5 Å². The van der Waals surface area contributed by atoms with E-state index in [1.807, 2.05) is 23.9 Å². The molecular weight excluding hydrogens is 218 g/mol. The molecule has 1 aromatic carbocycles. The average Bonchev–Trinajstić information content (AvgIpc) is 2.33. The van der Waals surface area contributed by atoms with Crippen molar-refractivity contribution in [3.63, 3.8) is 0 Å². The molecule has 0 unspecified atom stereocenters. The third-order valence-electron chi connectivity index (χ3n) is 2.16. The lowest BCUT2D eigenvalue weighted by molar-refractivity contribution is 0.317. The van der Waals surface area contributed by atoms with E-state index in [9.17, 15) is 0 Å². The van der Waals surface area contributed by atoms with Gasteiger partial charge in [0.25, 0.3) is 0 Å². The highest BCUT2D eigenvalue weighted by Gasteiger charge is 1.95. The molecule has 0 spiro atoms. The summed E-state index contributed by atoms with van der Waals surface area (Å²) in [5.41, 5.74) is 1.15. The van der Waals surface area contributed by atoms with Crippen LogP contribution in [-0.4, -0.2) is 25.2 Å². The number of hydrogen-bond donors (Lipinski definition) is 1. The second-order valence-corrected chi connectivity index (χ2v) is 4.64. The molecule has 0 bridgehead atoms. The van der Waals surface area contributed by atoms with Gasteiger partial charge in [-0.3, -0.25) is 0 Å². The quantitative estimate of drug-likeness (QED) is 0.700. The molecule has 0 saturated heterocycles. The van der Waals surface area contributed by atoms with Gasteiger partial charge in [-0.1, -0.05) is 13.0 Å². The molecule has 16 heavy (non-hydrogen) atoms. The van der Waals surface area contributed by atoms with Crippen molar-refractivity contribution < 1.29 is 4.74 Å². The molecule has 0 heterocycles. The largest absolute Gasteiger partial charge is 0.494 e. The van der Waals surface area contributed by atoms with E-state index in [1.54, 1.807) is 0 Å². The van der Waals surface area contributed by atoms with Crippen LogP contribution in [0.2, 0.25) is 0 Å². The molecule has 0 saturated carbocycles. The summed E-state index contributed by atoms with van der Waals surface area (Å²) in [6.45, 7) is 3.93. The number of anilines is 1. The number of rotatable bonds is 8. The number of thioether (sulfide) groups is 1. The fourth-order valence-corrected chi connectivity index (χ4v) is 1.80. The number of benzene rings is 1. The van der Waals surface area contributed by atoms with E-state index in [4.69, 9.17) is 4.74 Å². The molecule has 0 fully saturated rings. The standard InChI is InChI=1S/C13H21NOS/c1-3-9-15-13-7-4-6-12(11-13)14-8-5-10-16-2/h4,6-7,11,14H,3,5,8-10H2,1-2H3. The number of hydrogen-bond acceptors (Lipinski definition) is 3. The molecule has 1 N–H and O–H groups in total. The maximum atomic E-state index is 5.58. The van der Waals surface area contributed by atoms with Crippen LogP contribution in [0.15, 0.2) is 24.3 Å². The van der Waals surface area contributed by atoms with Crippen LogP contribution in [0, 0.1) is 0 Å². The highest BCUT2D eigenvalue weighted by Crippen LogP contribution is 2.17. The summed E-state index contributed by atoms with van der Waals surface area (Å²) in [4.78, 5) is 0. The van der Waals surface area contributed by atoms with E-state index < -0.39 is 0 Å². The van der Waals surface area contributed by atoms with Crippen molar-refractivity contribution in [2.45, 2.75) is 19.8 Å². The molecule has 1 aromatic rings. The Kier molecular flexibility index (Phi) is 6.90. The monoisotopic (exact) mass is 239 g/mol. The van der Waals surface area contributed by atoms with E-state index in [1.165, 1.54) is 12.2 Å². The zero-order valence-corrected chi connectivity index (χ0v) is 11.0. The van der Waals surface area contributed by atoms with Gasteiger partial charge in [0.15, 0.2) is 0 Å². The van der Waals surface area contributed by atoms with Crippen LogP contribution in [0.25, 0.3) is 0 Å². The van der Waals surface area contributed by atoms with E-state index in [0.717, 1.165) is 31.0 Å². The Balaban J connectivity index is 2.35. The fourth-order valence-electron chi connectivity index (χ4n) is 1.36. The summed E-state index contributed by atoms with van der Waals surface area (Å²) >= 11 is 1.89. The van der Waals surface area contributed by atoms with E-state index in [0.29, 0.717) is 0 Å². The normalized spacial score (nSPS) is 10.1. The predicted octanol–water partition coefficient (Wildman–Crippen LogP) is 3.64. The summed E-state index contributed by atoms with van der Waals surface area (Å²) in [6.07, 6.45) is 4.38. The topological polar surface area (TPSA) is 21.3 Å². The molecule has 0 aromatic heterocycles. The van der Waals surface area contributed by atoms with Crippen LogP contribution in [0.4, 0.5) is 5.69 Å². The lowest BCUT2D eigenvalue weighted by Crippen LogP contribution is -2.03. The molecule has 0 atom stereocenters. The van der Waals surface area contributed by atoms with Gasteiger partial charge in [-0.2, -0.15) is 11.8 Å². The molecule has 3 heteroatoms. The second kappa shape index (κ2) is 8.34. The molecular formula is C13H21NOS. The van der Waals surface area contributed by atoms with Gasteiger partial charge < -0.3 is 10.1 Å². The van der Waals surface area contributed by atoms with Gasteiger partial charge in [0.2, 0.25) is 0 Å². The minimum Gasteiger partial charge on any atom is -0.494 e. The first-order chi connectivity index (χ1) is 7.86. The average molecular weight is 239 g/mol. The highest BCUT2D eigenvalue weighted by atomic mass is 32.2. The lowest BCUT2D eigenvalue weighted by Gasteiger charge is -2.09. The van der Waals surface area contributed by atoms with Gasteiger partial charge in [-0.15, -0.1) is 0 Å². The van der Waals surface area contributed by atoms with Crippen LogP contribution in [0.3, 0.4) is 0 Å². The smallest absolute Gasteiger partial charge is 0.121 e. The van der Waals surface area contributed by atoms with Crippen LogP contribution >= 0.6 is 11.8 Å². The van der Waals surface area contributed by atoms with Crippen LogP contribution in [0.5, 0.6) is 5.75 Å². The summed E-state index contributed by atoms with van der Waals surface area (Å²) < 4.78 is 5.58. The van der Waals surface area contributed by atoms with Crippen molar-refractivity contribution in [1.82, 2.24) is 0 Å². The van der Waals surface area contributed by atoms with E-state index >= 15 is 0 Å². The minimum absolute atomic E-state index is 0.788. The van der Waals surface area contributed by atoms with Gasteiger partial charge in [-0.25, -0.2) is 0 Å². The third kappa shape index (κ3) is 5.31. The van der Waals surface area contributed by atoms with Crippen molar-refractivity contribution >= 4 is 17.4 Å². The Bertz CT molecular complexity index is 291. The zero-order valence-electron chi connectivity index (χ0n) is 10.2. The third-order valence-corrected chi connectivity index (χ3v) is 2.86. The Labute approximate surface area is 103 Å². The van der Waals surface area contributed by atoms with Gasteiger partial charge in [0.1, 0.15) is 5.75 Å². The Morgan fingerprint density at radius 3 is 3.00 bits per heavy atom. The van der Waals surface area contributed by atoms with E-state index in [-0.39, 0.29) is 0 Å². The van der Waals surface area contributed by atoms with Gasteiger partial charge >= 0.3 is 0 Å². The Morgan fingerprint density at radius 2 is 2.25 bits per heavy atom. The molecule has 0 aliphatic heterocycles. The Morgan fingerprint density at radius 1 is 1.38 bits per heavy atom. The first kappa shape index (κ1) is 13.2. The summed E-state index contributed by atoms with van der Waals surface area (Å²) in [5, 5.41) is 3.40. The van der Waals surface area contributed by atoms with Gasteiger partial charge in [-0.05, 0) is 37.0 Å². The lowest BCUT2D eigenvalue weighted by atomic mass is 10.3. The predicted molar refractivity (Wildman–Crippen MR) is 73.7 cm³/mol. The SMILES string of the molecule is CCCOc1cccc(NCCCSC)c1. The Hall–Kier alpha value is -0.830. The van der Waals surface area contributed by atoms with Crippen molar-refractivity contribution in [3.05, 3.63) is 24.3 Å². The van der Waals surface area contributed by atoms with Gasteiger partial charge in [0, 0.05) is 18.3 Å². The van der Waals surface area contributed by atoms with E-state index in [2.05, 4.69) is 30.6 Å². The highest BCUT2D eigenvalue weighted by molar-refractivity contribution is 7.98. The molecule has 0 aliphatic carbocycles. The first-order valence-electron chi connectivity index (χ1n) is 5.82. The maximum Gasteiger partial charge on any atom is 0.121 e. The van der Waals surface area contributed by atoms with Crippen molar-refractivity contribution in [2.24, 2.45) is 0 Å². The van der Waals surface area contributed by atoms with Crippen LogP contribution in [0.1, 0.15) is 19.8 Å². The van der Waals surface area contributed by atoms with Gasteiger partial charge in [0.05, 0.1) is 6.61 Å². The molecule has 90 valence electrons. The molecule has 1 rings (SSSR count). The maximum absolute atomic E-state index is 5.58. The second-order valence-electron chi connectivity index (χ2n) is 3.65. The molecule has 2 nitrogen and oxygen atoms in total. The summed E-state index contributed by atoms with van der Waals surface area (Å²) in [5.74, 6) is 2.16. The van der Waals surface area contributed by atoms with Crippen LogP contribution < -0.4 is 10.1 Å². The number of nitrogens with one attached hydrogen (secondary N) is 1. The minimum atomic E-state index is 0.788. The first-order valence-corrected chi connectivity index (χ1v) is 7.22. The number of ether oxygens (including phenoxy) is 1. The molecule has 0 amide bonds. The fraction of sp³-hybridized carbons (Fsp3) is 0.538. The molecule has 0 aliphatic rings. The summed E-state index contributed by atoms with van der Waals surface area (Å²) in [7, 11) is 0. The summed E-state index contributed by atoms with van der Waals surface area (Å²) in [6, 6.07) is 8.18. The van der Waals surface area contributed by atoms with Crippen LogP contribution in [-0.2, 0) is 0 Å². The molecule has 0 radical (unpaired) electrons. The van der Waals surface area contributed by atoms with Crippen molar-refractivity contribution in [3.8, 4) is 5.75 Å². The zero-order chi connectivity index (χ0) is 11.6. The van der Waals surface area contributed by atoms with Crippen molar-refractivity contribution in [1.29, 1.82) is 0 Å².